The van der Waals surface area contributed by atoms with Crippen LogP contribution in [0.2, 0.25) is 0 Å². The molecule has 3 nitrogen and oxygen atoms in total. The summed E-state index contributed by atoms with van der Waals surface area (Å²) in [6.07, 6.45) is 0. The number of benzene rings is 1. The number of aromatic nitrogens is 1. The van der Waals surface area contributed by atoms with E-state index in [1.165, 1.54) is 11.1 Å². The molecule has 1 aromatic heterocycles. The molecule has 2 rings (SSSR count). The van der Waals surface area contributed by atoms with Gasteiger partial charge in [0.2, 0.25) is 0 Å². The van der Waals surface area contributed by atoms with Crippen LogP contribution < -0.4 is 10.1 Å². The molecule has 2 aromatic rings. The minimum Gasteiger partial charge on any atom is -0.493 e. The van der Waals surface area contributed by atoms with Gasteiger partial charge in [0.05, 0.1) is 12.3 Å². The maximum atomic E-state index is 6.13. The molecule has 0 amide bonds. The molecule has 25 heavy (non-hydrogen) atoms. The molecule has 0 saturated heterocycles. The first-order valence-electron chi connectivity index (χ1n) is 8.99. The molecule has 1 aromatic carbocycles. The van der Waals surface area contributed by atoms with Crippen molar-refractivity contribution in [2.24, 2.45) is 0 Å². The highest BCUT2D eigenvalue weighted by Gasteiger charge is 2.27. The van der Waals surface area contributed by atoms with Gasteiger partial charge in [0.15, 0.2) is 0 Å². The van der Waals surface area contributed by atoms with Crippen molar-refractivity contribution in [3.63, 3.8) is 0 Å². The lowest BCUT2D eigenvalue weighted by atomic mass is 9.78. The van der Waals surface area contributed by atoms with Crippen LogP contribution in [0.15, 0.2) is 17.5 Å². The van der Waals surface area contributed by atoms with E-state index in [0.717, 1.165) is 28.6 Å². The number of nitrogens with zero attached hydrogens (tertiary/aromatic N) is 1. The van der Waals surface area contributed by atoms with Gasteiger partial charge in [-0.3, -0.25) is 0 Å². The molecular formula is C21H32N2OS. The molecule has 0 atom stereocenters. The normalized spacial score (nSPS) is 12.5. The number of ether oxygens (including phenoxy) is 1. The summed E-state index contributed by atoms with van der Waals surface area (Å²) in [6.45, 7) is 17.0. The van der Waals surface area contributed by atoms with Crippen molar-refractivity contribution >= 4 is 11.3 Å². The van der Waals surface area contributed by atoms with E-state index in [1.807, 2.05) is 14.0 Å². The Labute approximate surface area is 156 Å². The summed E-state index contributed by atoms with van der Waals surface area (Å²) in [5.74, 6) is 0.976. The Morgan fingerprint density at radius 2 is 1.76 bits per heavy atom. The van der Waals surface area contributed by atoms with Gasteiger partial charge in [0.25, 0.3) is 0 Å². The number of rotatable bonds is 5. The molecule has 0 saturated carbocycles. The first-order valence-corrected chi connectivity index (χ1v) is 9.87. The van der Waals surface area contributed by atoms with Crippen molar-refractivity contribution in [3.05, 3.63) is 33.6 Å². The lowest BCUT2D eigenvalue weighted by Gasteiger charge is -2.29. The third-order valence-corrected chi connectivity index (χ3v) is 5.06. The van der Waals surface area contributed by atoms with Crippen molar-refractivity contribution < 1.29 is 4.74 Å². The van der Waals surface area contributed by atoms with Crippen molar-refractivity contribution in [2.45, 2.75) is 65.8 Å². The number of thiazole rings is 1. The van der Waals surface area contributed by atoms with Gasteiger partial charge in [-0.15, -0.1) is 11.3 Å². The van der Waals surface area contributed by atoms with Gasteiger partial charge >= 0.3 is 0 Å². The quantitative estimate of drug-likeness (QED) is 0.762. The molecule has 0 aliphatic rings. The molecule has 0 bridgehead atoms. The van der Waals surface area contributed by atoms with Crippen LogP contribution >= 0.6 is 11.3 Å². The van der Waals surface area contributed by atoms with Crippen LogP contribution in [0.5, 0.6) is 5.75 Å². The van der Waals surface area contributed by atoms with Crippen LogP contribution in [-0.2, 0) is 17.4 Å². The molecule has 0 fully saturated rings. The molecule has 0 radical (unpaired) electrons. The summed E-state index contributed by atoms with van der Waals surface area (Å²) in [5, 5.41) is 6.41. The summed E-state index contributed by atoms with van der Waals surface area (Å²) >= 11 is 1.69. The second-order valence-corrected chi connectivity index (χ2v) is 9.43. The van der Waals surface area contributed by atoms with Crippen LogP contribution in [0.1, 0.15) is 64.6 Å². The van der Waals surface area contributed by atoms with E-state index in [0.29, 0.717) is 6.61 Å². The van der Waals surface area contributed by atoms with Gasteiger partial charge < -0.3 is 10.1 Å². The summed E-state index contributed by atoms with van der Waals surface area (Å²) in [4.78, 5) is 4.84. The molecule has 1 N–H and O–H groups in total. The predicted octanol–water partition coefficient (Wildman–Crippen LogP) is 5.52. The zero-order valence-electron chi connectivity index (χ0n) is 16.9. The van der Waals surface area contributed by atoms with Crippen LogP contribution in [0, 0.1) is 0 Å². The Morgan fingerprint density at radius 1 is 1.08 bits per heavy atom. The third-order valence-electron chi connectivity index (χ3n) is 4.21. The number of hydrogen-bond donors (Lipinski definition) is 1. The van der Waals surface area contributed by atoms with Crippen LogP contribution in [0.4, 0.5) is 0 Å². The molecule has 0 aliphatic heterocycles. The smallest absolute Gasteiger partial charge is 0.132 e. The van der Waals surface area contributed by atoms with Crippen LogP contribution in [-0.4, -0.2) is 18.6 Å². The number of hydrogen-bond acceptors (Lipinski definition) is 4. The van der Waals surface area contributed by atoms with Crippen molar-refractivity contribution in [3.8, 4) is 17.0 Å². The molecule has 138 valence electrons. The highest BCUT2D eigenvalue weighted by molar-refractivity contribution is 7.09. The first kappa shape index (κ1) is 19.9. The van der Waals surface area contributed by atoms with E-state index >= 15 is 0 Å². The van der Waals surface area contributed by atoms with E-state index in [9.17, 15) is 0 Å². The minimum absolute atomic E-state index is 0.00430. The van der Waals surface area contributed by atoms with E-state index in [1.54, 1.807) is 11.3 Å². The first-order chi connectivity index (χ1) is 11.6. The Hall–Kier alpha value is -1.39. The topological polar surface area (TPSA) is 34.1 Å². The van der Waals surface area contributed by atoms with Gasteiger partial charge in [-0.1, -0.05) is 47.6 Å². The maximum absolute atomic E-state index is 6.13. The highest BCUT2D eigenvalue weighted by atomic mass is 32.1. The molecule has 0 aliphatic carbocycles. The Balaban J connectivity index is 2.73. The number of nitrogens with one attached hydrogen (secondary N) is 1. The average Bonchev–Trinajstić information content (AvgIpc) is 2.94. The van der Waals surface area contributed by atoms with Gasteiger partial charge in [-0.05, 0) is 36.4 Å². The fourth-order valence-electron chi connectivity index (χ4n) is 2.78. The van der Waals surface area contributed by atoms with Gasteiger partial charge in [-0.25, -0.2) is 4.98 Å². The fraction of sp³-hybridized carbons (Fsp3) is 0.571. The molecule has 0 spiro atoms. The van der Waals surface area contributed by atoms with Crippen LogP contribution in [0.25, 0.3) is 11.3 Å². The van der Waals surface area contributed by atoms with E-state index < -0.39 is 0 Å². The molecule has 1 heterocycles. The van der Waals surface area contributed by atoms with Gasteiger partial charge in [0, 0.05) is 23.1 Å². The Bertz CT molecular complexity index is 720. The monoisotopic (exact) mass is 360 g/mol. The fourth-order valence-corrected chi connectivity index (χ4v) is 3.58. The minimum atomic E-state index is 0.00430. The van der Waals surface area contributed by atoms with Crippen molar-refractivity contribution in [1.82, 2.24) is 10.3 Å². The van der Waals surface area contributed by atoms with Crippen LogP contribution in [0.3, 0.4) is 0 Å². The van der Waals surface area contributed by atoms with Gasteiger partial charge in [0.1, 0.15) is 10.8 Å². The van der Waals surface area contributed by atoms with Gasteiger partial charge in [-0.2, -0.15) is 0 Å². The average molecular weight is 361 g/mol. The second kappa shape index (κ2) is 7.46. The Morgan fingerprint density at radius 3 is 2.28 bits per heavy atom. The van der Waals surface area contributed by atoms with E-state index in [2.05, 4.69) is 64.4 Å². The third kappa shape index (κ3) is 4.62. The summed E-state index contributed by atoms with van der Waals surface area (Å²) in [5.41, 5.74) is 4.76. The van der Waals surface area contributed by atoms with E-state index in [-0.39, 0.29) is 10.8 Å². The standard InChI is InChI=1S/C21H32N2OS/c1-9-24-19-15(17-13-25-18(23-17)12-22-8)10-14(20(2,3)4)11-16(19)21(5,6)7/h10-11,13,22H,9,12H2,1-8H3. The maximum Gasteiger partial charge on any atom is 0.132 e. The van der Waals surface area contributed by atoms with Crippen molar-refractivity contribution in [1.29, 1.82) is 0 Å². The molecule has 0 unspecified atom stereocenters. The highest BCUT2D eigenvalue weighted by Crippen LogP contribution is 2.43. The summed E-state index contributed by atoms with van der Waals surface area (Å²) in [6, 6.07) is 4.58. The lowest BCUT2D eigenvalue weighted by Crippen LogP contribution is -2.18. The molecule has 4 heteroatoms. The summed E-state index contributed by atoms with van der Waals surface area (Å²) < 4.78 is 6.13. The molecular weight excluding hydrogens is 328 g/mol. The zero-order valence-corrected chi connectivity index (χ0v) is 17.7. The second-order valence-electron chi connectivity index (χ2n) is 8.49. The summed E-state index contributed by atoms with van der Waals surface area (Å²) in [7, 11) is 1.95. The zero-order chi connectivity index (χ0) is 18.8. The van der Waals surface area contributed by atoms with Crippen molar-refractivity contribution in [2.75, 3.05) is 13.7 Å². The van der Waals surface area contributed by atoms with E-state index in [4.69, 9.17) is 9.72 Å². The SMILES string of the molecule is CCOc1c(-c2csc(CNC)n2)cc(C(C)(C)C)cc1C(C)(C)C. The Kier molecular flexibility index (Phi) is 5.95. The predicted molar refractivity (Wildman–Crippen MR) is 109 cm³/mol. The lowest BCUT2D eigenvalue weighted by molar-refractivity contribution is 0.330. The largest absolute Gasteiger partial charge is 0.493 e.